The van der Waals surface area contributed by atoms with Crippen LogP contribution in [0, 0.1) is 0 Å². The van der Waals surface area contributed by atoms with Gasteiger partial charge in [0.15, 0.2) is 6.29 Å². The number of methoxy groups -OCH3 is 1. The molecule has 1 aromatic rings. The fourth-order valence-corrected chi connectivity index (χ4v) is 1.58. The summed E-state index contributed by atoms with van der Waals surface area (Å²) in [5, 5.41) is 7.85. The number of nitrogens with zero attached hydrogens (tertiary/aromatic N) is 3. The van der Waals surface area contributed by atoms with E-state index in [-0.39, 0.29) is 0 Å². The van der Waals surface area contributed by atoms with E-state index >= 15 is 0 Å². The van der Waals surface area contributed by atoms with Crippen LogP contribution < -0.4 is 0 Å². The Morgan fingerprint density at radius 1 is 1.44 bits per heavy atom. The predicted molar refractivity (Wildman–Crippen MR) is 60.5 cm³/mol. The maximum absolute atomic E-state index is 10.8. The highest BCUT2D eigenvalue weighted by atomic mass is 16.5. The summed E-state index contributed by atoms with van der Waals surface area (Å²) in [5.74, 6) is 0. The summed E-state index contributed by atoms with van der Waals surface area (Å²) in [7, 11) is 1.64. The minimum atomic E-state index is 0.438. The van der Waals surface area contributed by atoms with Crippen LogP contribution in [0.25, 0.3) is 0 Å². The molecular formula is C11H19N3O2. The van der Waals surface area contributed by atoms with Crippen LogP contribution in [0.4, 0.5) is 0 Å². The van der Waals surface area contributed by atoms with Crippen LogP contribution in [-0.2, 0) is 17.7 Å². The average molecular weight is 225 g/mol. The third kappa shape index (κ3) is 3.41. The van der Waals surface area contributed by atoms with E-state index in [9.17, 15) is 4.79 Å². The maximum Gasteiger partial charge on any atom is 0.172 e. The number of carbonyl (C=O) groups is 1. The first-order chi connectivity index (χ1) is 7.83. The van der Waals surface area contributed by atoms with Crippen molar-refractivity contribution >= 4 is 6.29 Å². The Labute approximate surface area is 95.8 Å². The van der Waals surface area contributed by atoms with Crippen LogP contribution in [0.1, 0.15) is 42.4 Å². The number of aldehydes is 1. The molecule has 1 aromatic heterocycles. The summed E-state index contributed by atoms with van der Waals surface area (Å²) in [4.78, 5) is 10.8. The summed E-state index contributed by atoms with van der Waals surface area (Å²) in [5.41, 5.74) is 1.32. The fraction of sp³-hybridized carbons (Fsp3) is 0.727. The van der Waals surface area contributed by atoms with Crippen LogP contribution in [0.15, 0.2) is 0 Å². The molecule has 0 saturated carbocycles. The van der Waals surface area contributed by atoms with Gasteiger partial charge in [-0.3, -0.25) is 4.79 Å². The monoisotopic (exact) mass is 225 g/mol. The number of ether oxygens (including phenoxy) is 1. The second-order valence-corrected chi connectivity index (χ2v) is 3.71. The van der Waals surface area contributed by atoms with E-state index < -0.39 is 0 Å². The minimum Gasteiger partial charge on any atom is -0.384 e. The number of hydrogen-bond donors (Lipinski definition) is 0. The molecule has 5 nitrogen and oxygen atoms in total. The number of hydrogen-bond acceptors (Lipinski definition) is 4. The van der Waals surface area contributed by atoms with Crippen molar-refractivity contribution in [2.75, 3.05) is 13.7 Å². The van der Waals surface area contributed by atoms with Crippen LogP contribution in [-0.4, -0.2) is 35.0 Å². The van der Waals surface area contributed by atoms with E-state index in [1.54, 1.807) is 7.11 Å². The summed E-state index contributed by atoms with van der Waals surface area (Å²) in [6, 6.07) is 0. The molecule has 5 heteroatoms. The number of aryl methyl sites for hydroxylation is 1. The van der Waals surface area contributed by atoms with E-state index in [4.69, 9.17) is 4.74 Å². The number of rotatable bonds is 8. The zero-order valence-electron chi connectivity index (χ0n) is 9.98. The highest BCUT2D eigenvalue weighted by molar-refractivity contribution is 5.73. The number of unbranched alkanes of at least 4 members (excludes halogenated alkanes) is 2. The average Bonchev–Trinajstić information content (AvgIpc) is 2.69. The van der Waals surface area contributed by atoms with Crippen molar-refractivity contribution in [1.29, 1.82) is 0 Å². The Balaban J connectivity index is 2.66. The standard InChI is InChI=1S/C11H19N3O2/c1-3-4-5-7-14-11(6-8-16-2)10(9-15)12-13-14/h9H,3-8H2,1-2H3. The zero-order valence-corrected chi connectivity index (χ0v) is 9.98. The third-order valence-electron chi connectivity index (χ3n) is 2.50. The lowest BCUT2D eigenvalue weighted by Crippen LogP contribution is -2.09. The van der Waals surface area contributed by atoms with Gasteiger partial charge in [0.25, 0.3) is 0 Å². The summed E-state index contributed by atoms with van der Waals surface area (Å²) in [6.45, 7) is 3.57. The van der Waals surface area contributed by atoms with Gasteiger partial charge >= 0.3 is 0 Å². The van der Waals surface area contributed by atoms with Crippen LogP contribution in [0.3, 0.4) is 0 Å². The lowest BCUT2D eigenvalue weighted by molar-refractivity contribution is 0.111. The van der Waals surface area contributed by atoms with Gasteiger partial charge in [0, 0.05) is 20.1 Å². The van der Waals surface area contributed by atoms with Gasteiger partial charge < -0.3 is 4.74 Å². The molecule has 0 aliphatic heterocycles. The van der Waals surface area contributed by atoms with Gasteiger partial charge in [0.1, 0.15) is 5.69 Å². The molecule has 0 saturated heterocycles. The smallest absolute Gasteiger partial charge is 0.172 e. The Hall–Kier alpha value is -1.23. The molecule has 0 spiro atoms. The van der Waals surface area contributed by atoms with Crippen molar-refractivity contribution in [3.63, 3.8) is 0 Å². The summed E-state index contributed by atoms with van der Waals surface area (Å²) in [6.07, 6.45) is 4.85. The predicted octanol–water partition coefficient (Wildman–Crippen LogP) is 1.47. The van der Waals surface area contributed by atoms with Crippen LogP contribution >= 0.6 is 0 Å². The molecular weight excluding hydrogens is 206 g/mol. The van der Waals surface area contributed by atoms with Crippen molar-refractivity contribution in [2.45, 2.75) is 39.2 Å². The molecule has 0 amide bonds. The van der Waals surface area contributed by atoms with Gasteiger partial charge in [0.05, 0.1) is 12.3 Å². The van der Waals surface area contributed by atoms with Crippen molar-refractivity contribution in [2.24, 2.45) is 0 Å². The molecule has 0 radical (unpaired) electrons. The van der Waals surface area contributed by atoms with Gasteiger partial charge in [-0.05, 0) is 6.42 Å². The van der Waals surface area contributed by atoms with Gasteiger partial charge in [0.2, 0.25) is 0 Å². The van der Waals surface area contributed by atoms with E-state index in [1.807, 2.05) is 4.68 Å². The fourth-order valence-electron chi connectivity index (χ4n) is 1.58. The molecule has 0 N–H and O–H groups in total. The van der Waals surface area contributed by atoms with E-state index in [0.717, 1.165) is 24.9 Å². The molecule has 1 rings (SSSR count). The van der Waals surface area contributed by atoms with Crippen molar-refractivity contribution in [1.82, 2.24) is 15.0 Å². The molecule has 90 valence electrons. The number of aromatic nitrogens is 3. The van der Waals surface area contributed by atoms with Gasteiger partial charge in [-0.1, -0.05) is 25.0 Å². The molecule has 0 aromatic carbocycles. The van der Waals surface area contributed by atoms with Gasteiger partial charge in [-0.2, -0.15) is 0 Å². The normalized spacial score (nSPS) is 10.6. The Morgan fingerprint density at radius 3 is 2.88 bits per heavy atom. The maximum atomic E-state index is 10.8. The summed E-state index contributed by atoms with van der Waals surface area (Å²) < 4.78 is 6.83. The molecule has 0 fully saturated rings. The Bertz CT molecular complexity index is 323. The quantitative estimate of drug-likeness (QED) is 0.496. The first-order valence-corrected chi connectivity index (χ1v) is 5.70. The minimum absolute atomic E-state index is 0.438. The van der Waals surface area contributed by atoms with Crippen LogP contribution in [0.5, 0.6) is 0 Å². The first-order valence-electron chi connectivity index (χ1n) is 5.70. The highest BCUT2D eigenvalue weighted by Gasteiger charge is 2.11. The zero-order chi connectivity index (χ0) is 11.8. The lowest BCUT2D eigenvalue weighted by Gasteiger charge is -2.05. The van der Waals surface area contributed by atoms with E-state index in [1.165, 1.54) is 12.8 Å². The molecule has 0 atom stereocenters. The Morgan fingerprint density at radius 2 is 2.25 bits per heavy atom. The molecule has 0 bridgehead atoms. The second kappa shape index (κ2) is 7.11. The molecule has 0 aliphatic carbocycles. The summed E-state index contributed by atoms with van der Waals surface area (Å²) >= 11 is 0. The van der Waals surface area contributed by atoms with Crippen molar-refractivity contribution < 1.29 is 9.53 Å². The van der Waals surface area contributed by atoms with E-state index in [2.05, 4.69) is 17.2 Å². The van der Waals surface area contributed by atoms with E-state index in [0.29, 0.717) is 18.7 Å². The van der Waals surface area contributed by atoms with Gasteiger partial charge in [-0.15, -0.1) is 5.10 Å². The first kappa shape index (κ1) is 12.8. The third-order valence-corrected chi connectivity index (χ3v) is 2.50. The van der Waals surface area contributed by atoms with Crippen molar-refractivity contribution in [3.05, 3.63) is 11.4 Å². The molecule has 0 aliphatic rings. The molecule has 1 heterocycles. The van der Waals surface area contributed by atoms with Crippen molar-refractivity contribution in [3.8, 4) is 0 Å². The van der Waals surface area contributed by atoms with Crippen LogP contribution in [0.2, 0.25) is 0 Å². The topological polar surface area (TPSA) is 57.0 Å². The number of carbonyl (C=O) groups excluding carboxylic acids is 1. The largest absolute Gasteiger partial charge is 0.384 e. The SMILES string of the molecule is CCCCCn1nnc(C=O)c1CCOC. The van der Waals surface area contributed by atoms with Gasteiger partial charge in [-0.25, -0.2) is 4.68 Å². The Kier molecular flexibility index (Phi) is 5.71. The molecule has 16 heavy (non-hydrogen) atoms. The second-order valence-electron chi connectivity index (χ2n) is 3.71. The molecule has 0 unspecified atom stereocenters. The lowest BCUT2D eigenvalue weighted by atomic mass is 10.2. The highest BCUT2D eigenvalue weighted by Crippen LogP contribution is 2.07.